The molecular weight excluding hydrogens is 282 g/mol. The molecule has 116 valence electrons. The first-order valence-electron chi connectivity index (χ1n) is 7.55. The number of carboxylic acids is 1. The second-order valence-electron chi connectivity index (χ2n) is 5.78. The van der Waals surface area contributed by atoms with Gasteiger partial charge in [0, 0.05) is 5.69 Å². The molecule has 1 aromatic rings. The van der Waals surface area contributed by atoms with Crippen molar-refractivity contribution in [2.45, 2.75) is 13.3 Å². The summed E-state index contributed by atoms with van der Waals surface area (Å²) in [5, 5.41) is 12.2. The van der Waals surface area contributed by atoms with Crippen molar-refractivity contribution in [1.29, 1.82) is 0 Å². The van der Waals surface area contributed by atoms with E-state index < -0.39 is 17.8 Å². The molecule has 2 bridgehead atoms. The standard InChI is InChI=1S/C17H19NO4/c1-2-22-13-7-5-12(6-8-13)18-16(19)14-10-3-4-11(9-10)15(14)17(20)21/h3-8,10-11,14-15H,2,9H2,1H3,(H,18,19)(H,20,21)/t10-,11-,14-,15+/m0/s1. The lowest BCUT2D eigenvalue weighted by molar-refractivity contribution is -0.146. The van der Waals surface area contributed by atoms with E-state index in [0.717, 1.165) is 12.2 Å². The second-order valence-corrected chi connectivity index (χ2v) is 5.78. The van der Waals surface area contributed by atoms with Gasteiger partial charge < -0.3 is 15.2 Å². The molecule has 2 aliphatic carbocycles. The Morgan fingerprint density at radius 1 is 1.18 bits per heavy atom. The number of rotatable bonds is 5. The minimum Gasteiger partial charge on any atom is -0.494 e. The number of ether oxygens (including phenoxy) is 1. The van der Waals surface area contributed by atoms with E-state index in [2.05, 4.69) is 5.32 Å². The molecule has 2 aliphatic rings. The smallest absolute Gasteiger partial charge is 0.307 e. The van der Waals surface area contributed by atoms with Gasteiger partial charge in [-0.25, -0.2) is 0 Å². The van der Waals surface area contributed by atoms with Crippen molar-refractivity contribution in [1.82, 2.24) is 0 Å². The quantitative estimate of drug-likeness (QED) is 0.820. The molecule has 1 aromatic carbocycles. The number of aliphatic carboxylic acids is 1. The van der Waals surface area contributed by atoms with Crippen LogP contribution in [0.3, 0.4) is 0 Å². The molecule has 4 atom stereocenters. The molecule has 3 rings (SSSR count). The number of hydrogen-bond donors (Lipinski definition) is 2. The van der Waals surface area contributed by atoms with E-state index in [-0.39, 0.29) is 17.7 Å². The fraction of sp³-hybridized carbons (Fsp3) is 0.412. The van der Waals surface area contributed by atoms with Gasteiger partial charge in [-0.3, -0.25) is 9.59 Å². The van der Waals surface area contributed by atoms with Crippen molar-refractivity contribution in [3.8, 4) is 5.75 Å². The summed E-state index contributed by atoms with van der Waals surface area (Å²) in [4.78, 5) is 23.9. The Kier molecular flexibility index (Phi) is 3.88. The lowest BCUT2D eigenvalue weighted by atomic mass is 9.82. The van der Waals surface area contributed by atoms with E-state index in [1.54, 1.807) is 24.3 Å². The molecule has 5 nitrogen and oxygen atoms in total. The van der Waals surface area contributed by atoms with Crippen LogP contribution in [0.2, 0.25) is 0 Å². The Labute approximate surface area is 129 Å². The van der Waals surface area contributed by atoms with Gasteiger partial charge in [-0.05, 0) is 49.4 Å². The average molecular weight is 301 g/mol. The topological polar surface area (TPSA) is 75.6 Å². The normalized spacial score (nSPS) is 28.6. The van der Waals surface area contributed by atoms with Crippen LogP contribution in [0, 0.1) is 23.7 Å². The molecule has 0 spiro atoms. The largest absolute Gasteiger partial charge is 0.494 e. The van der Waals surface area contributed by atoms with E-state index >= 15 is 0 Å². The maximum Gasteiger partial charge on any atom is 0.307 e. The zero-order valence-corrected chi connectivity index (χ0v) is 12.4. The Balaban J connectivity index is 1.71. The van der Waals surface area contributed by atoms with E-state index in [4.69, 9.17) is 4.74 Å². The van der Waals surface area contributed by atoms with Gasteiger partial charge >= 0.3 is 5.97 Å². The number of carboxylic acid groups (broad SMARTS) is 1. The van der Waals surface area contributed by atoms with Gasteiger partial charge in [0.15, 0.2) is 0 Å². The van der Waals surface area contributed by atoms with Crippen LogP contribution in [-0.4, -0.2) is 23.6 Å². The van der Waals surface area contributed by atoms with Crippen LogP contribution < -0.4 is 10.1 Å². The highest BCUT2D eigenvalue weighted by atomic mass is 16.5. The van der Waals surface area contributed by atoms with Crippen LogP contribution >= 0.6 is 0 Å². The molecule has 1 saturated carbocycles. The van der Waals surface area contributed by atoms with E-state index in [1.807, 2.05) is 19.1 Å². The van der Waals surface area contributed by atoms with Crippen LogP contribution in [0.4, 0.5) is 5.69 Å². The number of anilines is 1. The lowest BCUT2D eigenvalue weighted by Crippen LogP contribution is -2.36. The first kappa shape index (κ1) is 14.6. The van der Waals surface area contributed by atoms with Gasteiger partial charge in [-0.15, -0.1) is 0 Å². The third-order valence-corrected chi connectivity index (χ3v) is 4.48. The fourth-order valence-corrected chi connectivity index (χ4v) is 3.54. The van der Waals surface area contributed by atoms with Crippen LogP contribution in [-0.2, 0) is 9.59 Å². The number of carbonyl (C=O) groups is 2. The van der Waals surface area contributed by atoms with Crippen LogP contribution in [0.15, 0.2) is 36.4 Å². The van der Waals surface area contributed by atoms with Gasteiger partial charge in [0.2, 0.25) is 5.91 Å². The van der Waals surface area contributed by atoms with Gasteiger partial charge in [0.1, 0.15) is 5.75 Å². The predicted octanol–water partition coefficient (Wildman–Crippen LogP) is 2.55. The number of carbonyl (C=O) groups excluding carboxylic acids is 1. The van der Waals surface area contributed by atoms with Gasteiger partial charge in [-0.1, -0.05) is 12.2 Å². The lowest BCUT2D eigenvalue weighted by Gasteiger charge is -2.23. The van der Waals surface area contributed by atoms with Gasteiger partial charge in [-0.2, -0.15) is 0 Å². The Bertz CT molecular complexity index is 608. The molecule has 5 heteroatoms. The van der Waals surface area contributed by atoms with Crippen molar-refractivity contribution >= 4 is 17.6 Å². The molecule has 0 unspecified atom stereocenters. The third kappa shape index (κ3) is 2.58. The highest BCUT2D eigenvalue weighted by molar-refractivity contribution is 5.96. The first-order chi connectivity index (χ1) is 10.6. The molecular formula is C17H19NO4. The van der Waals surface area contributed by atoms with Crippen molar-refractivity contribution in [3.63, 3.8) is 0 Å². The summed E-state index contributed by atoms with van der Waals surface area (Å²) >= 11 is 0. The Hall–Kier alpha value is -2.30. The maximum atomic E-state index is 12.5. The second kappa shape index (κ2) is 5.83. The Morgan fingerprint density at radius 3 is 2.41 bits per heavy atom. The minimum absolute atomic E-state index is 0.0152. The van der Waals surface area contributed by atoms with Crippen LogP contribution in [0.1, 0.15) is 13.3 Å². The van der Waals surface area contributed by atoms with Crippen LogP contribution in [0.25, 0.3) is 0 Å². The van der Waals surface area contributed by atoms with Crippen molar-refractivity contribution in [2.75, 3.05) is 11.9 Å². The molecule has 22 heavy (non-hydrogen) atoms. The van der Waals surface area contributed by atoms with Crippen molar-refractivity contribution in [2.24, 2.45) is 23.7 Å². The summed E-state index contributed by atoms with van der Waals surface area (Å²) in [7, 11) is 0. The monoisotopic (exact) mass is 301 g/mol. The van der Waals surface area contributed by atoms with E-state index in [1.165, 1.54) is 0 Å². The number of nitrogens with one attached hydrogen (secondary N) is 1. The molecule has 0 saturated heterocycles. The summed E-state index contributed by atoms with van der Waals surface area (Å²) in [6.45, 7) is 2.49. The minimum atomic E-state index is -0.885. The number of amides is 1. The maximum absolute atomic E-state index is 12.5. The molecule has 2 N–H and O–H groups in total. The van der Waals surface area contributed by atoms with Crippen molar-refractivity contribution < 1.29 is 19.4 Å². The zero-order valence-electron chi connectivity index (χ0n) is 12.4. The molecule has 0 aliphatic heterocycles. The first-order valence-corrected chi connectivity index (χ1v) is 7.55. The highest BCUT2D eigenvalue weighted by Gasteiger charge is 2.51. The van der Waals surface area contributed by atoms with Gasteiger partial charge in [0.05, 0.1) is 18.4 Å². The van der Waals surface area contributed by atoms with E-state index in [0.29, 0.717) is 12.3 Å². The highest BCUT2D eigenvalue weighted by Crippen LogP contribution is 2.48. The number of fused-ring (bicyclic) bond motifs is 2. The summed E-state index contributed by atoms with van der Waals surface area (Å²) in [5.41, 5.74) is 0.657. The summed E-state index contributed by atoms with van der Waals surface area (Å²) < 4.78 is 5.35. The zero-order chi connectivity index (χ0) is 15.7. The van der Waals surface area contributed by atoms with Crippen molar-refractivity contribution in [3.05, 3.63) is 36.4 Å². The fourth-order valence-electron chi connectivity index (χ4n) is 3.54. The molecule has 1 fully saturated rings. The Morgan fingerprint density at radius 2 is 1.82 bits per heavy atom. The predicted molar refractivity (Wildman–Crippen MR) is 81.6 cm³/mol. The molecule has 0 radical (unpaired) electrons. The number of allylic oxidation sites excluding steroid dienone is 2. The number of hydrogen-bond acceptors (Lipinski definition) is 3. The molecule has 0 aromatic heterocycles. The summed E-state index contributed by atoms with van der Waals surface area (Å²) in [6, 6.07) is 7.10. The summed E-state index contributed by atoms with van der Waals surface area (Å²) in [5.74, 6) is -1.44. The van der Waals surface area contributed by atoms with E-state index in [9.17, 15) is 14.7 Å². The SMILES string of the molecule is CCOc1ccc(NC(=O)[C@@H]2[C@H](C(=O)O)[C@H]3C=C[C@H]2C3)cc1. The van der Waals surface area contributed by atoms with Gasteiger partial charge in [0.25, 0.3) is 0 Å². The molecule has 0 heterocycles. The average Bonchev–Trinajstić information content (AvgIpc) is 3.10. The number of benzene rings is 1. The summed E-state index contributed by atoms with van der Waals surface area (Å²) in [6.07, 6.45) is 4.68. The molecule has 1 amide bonds. The van der Waals surface area contributed by atoms with Crippen LogP contribution in [0.5, 0.6) is 5.75 Å². The third-order valence-electron chi connectivity index (χ3n) is 4.48.